The van der Waals surface area contributed by atoms with Gasteiger partial charge in [0.2, 0.25) is 0 Å². The van der Waals surface area contributed by atoms with Gasteiger partial charge < -0.3 is 20.1 Å². The topological polar surface area (TPSA) is 109 Å². The van der Waals surface area contributed by atoms with Crippen molar-refractivity contribution in [2.45, 2.75) is 32.6 Å². The minimum atomic E-state index is -1.57. The lowest BCUT2D eigenvalue weighted by Gasteiger charge is -2.14. The number of aromatic nitrogens is 1. The molecule has 0 radical (unpaired) electrons. The summed E-state index contributed by atoms with van der Waals surface area (Å²) < 4.78 is 1.25. The molecule has 2 aromatic rings. The maximum atomic E-state index is 12.6. The molecule has 0 aliphatic rings. The van der Waals surface area contributed by atoms with Crippen molar-refractivity contribution in [2.24, 2.45) is 7.05 Å². The number of benzene rings is 1. The van der Waals surface area contributed by atoms with Crippen LogP contribution in [-0.4, -0.2) is 40.8 Å². The van der Waals surface area contributed by atoms with E-state index in [1.807, 2.05) is 0 Å². The van der Waals surface area contributed by atoms with Crippen molar-refractivity contribution in [2.75, 3.05) is 0 Å². The standard InChI is InChI=1S/C19H22N2O5Si/c1-11(19(25)26)20-17(23)15-16(22)13-7-6-12(8-9-27(3,4)5)10-14(13)21(2)18(15)24/h6-7,10-11,22H,1-5H3,(H,20,23)(H,25,26). The van der Waals surface area contributed by atoms with Gasteiger partial charge in [-0.2, -0.15) is 0 Å². The molecule has 2 rings (SSSR count). The fourth-order valence-electron chi connectivity index (χ4n) is 2.40. The Balaban J connectivity index is 2.61. The number of nitrogens with one attached hydrogen (secondary N) is 1. The molecule has 8 heteroatoms. The molecule has 0 fully saturated rings. The first-order valence-corrected chi connectivity index (χ1v) is 11.8. The van der Waals surface area contributed by atoms with Crippen molar-refractivity contribution in [1.82, 2.24) is 9.88 Å². The van der Waals surface area contributed by atoms with Gasteiger partial charge in [-0.05, 0) is 25.1 Å². The van der Waals surface area contributed by atoms with Crippen molar-refractivity contribution >= 4 is 30.9 Å². The molecule has 0 saturated heterocycles. The number of nitrogens with zero attached hydrogens (tertiary/aromatic N) is 1. The fourth-order valence-corrected chi connectivity index (χ4v) is 2.91. The van der Waals surface area contributed by atoms with Crippen molar-refractivity contribution in [3.05, 3.63) is 39.7 Å². The van der Waals surface area contributed by atoms with Crippen molar-refractivity contribution in [3.8, 4) is 17.2 Å². The average Bonchev–Trinajstić information content (AvgIpc) is 2.57. The Morgan fingerprint density at radius 2 is 1.89 bits per heavy atom. The zero-order valence-corrected chi connectivity index (χ0v) is 16.9. The van der Waals surface area contributed by atoms with Crippen LogP contribution >= 0.6 is 0 Å². The summed E-state index contributed by atoms with van der Waals surface area (Å²) in [4.78, 5) is 35.8. The number of amides is 1. The first-order valence-electron chi connectivity index (χ1n) is 8.35. The van der Waals surface area contributed by atoms with E-state index >= 15 is 0 Å². The van der Waals surface area contributed by atoms with E-state index in [2.05, 4.69) is 36.4 Å². The molecule has 27 heavy (non-hydrogen) atoms. The van der Waals surface area contributed by atoms with Gasteiger partial charge in [0.15, 0.2) is 0 Å². The Hall–Kier alpha value is -3.05. The van der Waals surface area contributed by atoms with Crippen LogP contribution < -0.4 is 10.9 Å². The highest BCUT2D eigenvalue weighted by molar-refractivity contribution is 6.83. The van der Waals surface area contributed by atoms with E-state index < -0.39 is 42.9 Å². The molecule has 0 aliphatic carbocycles. The van der Waals surface area contributed by atoms with Crippen LogP contribution in [0.2, 0.25) is 19.6 Å². The van der Waals surface area contributed by atoms with Gasteiger partial charge in [-0.1, -0.05) is 25.6 Å². The summed E-state index contributed by atoms with van der Waals surface area (Å²) in [6.07, 6.45) is 0. The fraction of sp³-hybridized carbons (Fsp3) is 0.316. The van der Waals surface area contributed by atoms with E-state index in [9.17, 15) is 19.5 Å². The van der Waals surface area contributed by atoms with Gasteiger partial charge in [0, 0.05) is 18.0 Å². The van der Waals surface area contributed by atoms with Gasteiger partial charge in [0.1, 0.15) is 25.4 Å². The van der Waals surface area contributed by atoms with E-state index in [-0.39, 0.29) is 0 Å². The molecule has 1 aromatic heterocycles. The predicted octanol–water partition coefficient (Wildman–Crippen LogP) is 1.68. The molecule has 1 aromatic carbocycles. The average molecular weight is 386 g/mol. The smallest absolute Gasteiger partial charge is 0.325 e. The van der Waals surface area contributed by atoms with Gasteiger partial charge in [-0.3, -0.25) is 14.4 Å². The maximum Gasteiger partial charge on any atom is 0.325 e. The zero-order valence-electron chi connectivity index (χ0n) is 15.9. The molecule has 7 nitrogen and oxygen atoms in total. The second kappa shape index (κ2) is 7.29. The lowest BCUT2D eigenvalue weighted by atomic mass is 10.1. The third-order valence-electron chi connectivity index (χ3n) is 3.90. The van der Waals surface area contributed by atoms with Crippen LogP contribution in [0.5, 0.6) is 5.75 Å². The second-order valence-corrected chi connectivity index (χ2v) is 12.1. The molecular weight excluding hydrogens is 364 g/mol. The predicted molar refractivity (Wildman–Crippen MR) is 106 cm³/mol. The highest BCUT2D eigenvalue weighted by Gasteiger charge is 2.24. The Kier molecular flexibility index (Phi) is 5.47. The van der Waals surface area contributed by atoms with Crippen LogP contribution in [0.15, 0.2) is 23.0 Å². The first-order chi connectivity index (χ1) is 12.4. The van der Waals surface area contributed by atoms with Gasteiger partial charge in [-0.15, -0.1) is 5.54 Å². The Morgan fingerprint density at radius 1 is 1.26 bits per heavy atom. The molecule has 0 spiro atoms. The van der Waals surface area contributed by atoms with E-state index in [4.69, 9.17) is 5.11 Å². The molecule has 3 N–H and O–H groups in total. The molecule has 0 aliphatic heterocycles. The quantitative estimate of drug-likeness (QED) is 0.549. The highest BCUT2D eigenvalue weighted by Crippen LogP contribution is 2.26. The van der Waals surface area contributed by atoms with Gasteiger partial charge in [0.05, 0.1) is 5.52 Å². The molecular formula is C19H22N2O5Si. The number of aromatic hydroxyl groups is 1. The summed E-state index contributed by atoms with van der Waals surface area (Å²) in [6.45, 7) is 7.62. The number of hydrogen-bond donors (Lipinski definition) is 3. The van der Waals surface area contributed by atoms with E-state index in [0.717, 1.165) is 0 Å². The number of carbonyl (C=O) groups is 2. The number of carboxylic acid groups (broad SMARTS) is 1. The second-order valence-electron chi connectivity index (χ2n) is 7.35. The first kappa shape index (κ1) is 20.3. The maximum absolute atomic E-state index is 12.6. The highest BCUT2D eigenvalue weighted by atomic mass is 28.3. The molecule has 1 heterocycles. The van der Waals surface area contributed by atoms with E-state index in [1.165, 1.54) is 18.5 Å². The number of fused-ring (bicyclic) bond motifs is 1. The summed E-state index contributed by atoms with van der Waals surface area (Å²) in [6, 6.07) is 3.79. The molecule has 142 valence electrons. The minimum Gasteiger partial charge on any atom is -0.506 e. The minimum absolute atomic E-state index is 0.309. The number of pyridine rings is 1. The number of rotatable bonds is 3. The third kappa shape index (κ3) is 4.38. The largest absolute Gasteiger partial charge is 0.506 e. The lowest BCUT2D eigenvalue weighted by molar-refractivity contribution is -0.138. The van der Waals surface area contributed by atoms with Gasteiger partial charge in [0.25, 0.3) is 11.5 Å². The van der Waals surface area contributed by atoms with Crippen molar-refractivity contribution < 1.29 is 19.8 Å². The molecule has 0 bridgehead atoms. The lowest BCUT2D eigenvalue weighted by Crippen LogP contribution is -2.41. The SMILES string of the molecule is CC(NC(=O)c1c(O)c2ccc(C#C[Si](C)(C)C)cc2n(C)c1=O)C(=O)O. The molecule has 1 unspecified atom stereocenters. The number of aliphatic carboxylic acids is 1. The Bertz CT molecular complexity index is 1050. The third-order valence-corrected chi connectivity index (χ3v) is 4.77. The Labute approximate surface area is 157 Å². The monoisotopic (exact) mass is 386 g/mol. The van der Waals surface area contributed by atoms with Gasteiger partial charge >= 0.3 is 5.97 Å². The van der Waals surface area contributed by atoms with Crippen molar-refractivity contribution in [3.63, 3.8) is 0 Å². The summed E-state index contributed by atoms with van der Waals surface area (Å²) in [5.74, 6) is 0.428. The zero-order chi connectivity index (χ0) is 20.5. The van der Waals surface area contributed by atoms with Crippen LogP contribution in [0.1, 0.15) is 22.8 Å². The van der Waals surface area contributed by atoms with Crippen LogP contribution in [0.4, 0.5) is 0 Å². The molecule has 1 amide bonds. The van der Waals surface area contributed by atoms with E-state index in [1.54, 1.807) is 18.2 Å². The van der Waals surface area contributed by atoms with Crippen LogP contribution in [0.25, 0.3) is 10.9 Å². The number of hydrogen-bond acceptors (Lipinski definition) is 4. The van der Waals surface area contributed by atoms with Crippen molar-refractivity contribution in [1.29, 1.82) is 0 Å². The van der Waals surface area contributed by atoms with Crippen LogP contribution in [0, 0.1) is 11.5 Å². The van der Waals surface area contributed by atoms with Crippen LogP contribution in [0.3, 0.4) is 0 Å². The van der Waals surface area contributed by atoms with Crippen LogP contribution in [-0.2, 0) is 11.8 Å². The molecule has 1 atom stereocenters. The van der Waals surface area contributed by atoms with Gasteiger partial charge in [-0.25, -0.2) is 0 Å². The summed E-state index contributed by atoms with van der Waals surface area (Å²) in [7, 11) is -0.0884. The number of carboxylic acids is 1. The number of carbonyl (C=O) groups excluding carboxylic acids is 1. The number of aryl methyl sites for hydroxylation is 1. The normalized spacial score (nSPS) is 12.2. The summed E-state index contributed by atoms with van der Waals surface area (Å²) >= 11 is 0. The Morgan fingerprint density at radius 3 is 2.44 bits per heavy atom. The summed E-state index contributed by atoms with van der Waals surface area (Å²) in [5, 5.41) is 21.9. The van der Waals surface area contributed by atoms with E-state index in [0.29, 0.717) is 16.5 Å². The molecule has 0 saturated carbocycles. The summed E-state index contributed by atoms with van der Waals surface area (Å²) in [5.41, 5.74) is 3.17.